The second kappa shape index (κ2) is 6.86. The molecule has 0 aliphatic carbocycles. The van der Waals surface area contributed by atoms with Crippen molar-refractivity contribution in [2.75, 3.05) is 13.1 Å². The number of carboxylic acid groups (broad SMARTS) is 1. The number of hydrogen-bond acceptors (Lipinski definition) is 3. The van der Waals surface area contributed by atoms with Crippen LogP contribution >= 0.6 is 27.3 Å². The number of hydrogen-bond donors (Lipinski definition) is 1. The van der Waals surface area contributed by atoms with E-state index in [1.54, 1.807) is 11.3 Å². The Labute approximate surface area is 126 Å². The van der Waals surface area contributed by atoms with Gasteiger partial charge in [0, 0.05) is 33.7 Å². The van der Waals surface area contributed by atoms with Gasteiger partial charge < -0.3 is 5.11 Å². The lowest BCUT2D eigenvalue weighted by Gasteiger charge is -2.36. The first-order valence-corrected chi connectivity index (χ1v) is 8.43. The van der Waals surface area contributed by atoms with Gasteiger partial charge in [-0.05, 0) is 60.6 Å². The minimum Gasteiger partial charge on any atom is -0.481 e. The fourth-order valence-electron chi connectivity index (χ4n) is 2.74. The Balaban J connectivity index is 1.91. The van der Waals surface area contributed by atoms with Gasteiger partial charge in [0.2, 0.25) is 0 Å². The molecule has 2 rings (SSSR count). The summed E-state index contributed by atoms with van der Waals surface area (Å²) in [5.74, 6) is -0.136. The number of aliphatic carboxylic acids is 1. The molecule has 2 unspecified atom stereocenters. The van der Waals surface area contributed by atoms with Gasteiger partial charge in [-0.2, -0.15) is 0 Å². The number of carbonyl (C=O) groups is 1. The highest BCUT2D eigenvalue weighted by molar-refractivity contribution is 9.10. The van der Waals surface area contributed by atoms with Crippen molar-refractivity contribution in [1.82, 2.24) is 4.90 Å². The summed E-state index contributed by atoms with van der Waals surface area (Å²) in [5, 5.41) is 10.9. The maximum atomic E-state index is 10.7. The van der Waals surface area contributed by atoms with Crippen molar-refractivity contribution in [3.05, 3.63) is 20.8 Å². The Morgan fingerprint density at radius 2 is 2.47 bits per heavy atom. The molecule has 0 saturated carbocycles. The molecule has 0 bridgehead atoms. The minimum atomic E-state index is -0.674. The van der Waals surface area contributed by atoms with E-state index in [1.807, 2.05) is 0 Å². The number of nitrogens with zero attached hydrogens (tertiary/aromatic N) is 1. The molecule has 19 heavy (non-hydrogen) atoms. The fourth-order valence-corrected chi connectivity index (χ4v) is 4.28. The highest BCUT2D eigenvalue weighted by Gasteiger charge is 2.25. The van der Waals surface area contributed by atoms with Gasteiger partial charge >= 0.3 is 5.97 Å². The summed E-state index contributed by atoms with van der Waals surface area (Å²) in [5.41, 5.74) is 0. The van der Waals surface area contributed by atoms with Crippen LogP contribution in [0.1, 0.15) is 43.5 Å². The second-order valence-electron chi connectivity index (χ2n) is 5.28. The molecule has 0 radical (unpaired) electrons. The lowest BCUT2D eigenvalue weighted by Crippen LogP contribution is -2.37. The van der Waals surface area contributed by atoms with E-state index in [4.69, 9.17) is 5.11 Å². The highest BCUT2D eigenvalue weighted by Crippen LogP contribution is 2.32. The SMILES string of the molecule is CC(c1cc(Br)cs1)N1CCCC(CCC(=O)O)C1. The first-order valence-electron chi connectivity index (χ1n) is 6.76. The van der Waals surface area contributed by atoms with Crippen LogP contribution in [0.3, 0.4) is 0 Å². The lowest BCUT2D eigenvalue weighted by molar-refractivity contribution is -0.137. The van der Waals surface area contributed by atoms with E-state index in [1.165, 1.54) is 17.7 Å². The van der Waals surface area contributed by atoms with E-state index < -0.39 is 5.97 Å². The average Bonchev–Trinajstić information content (AvgIpc) is 2.82. The lowest BCUT2D eigenvalue weighted by atomic mass is 9.92. The number of piperidine rings is 1. The zero-order chi connectivity index (χ0) is 13.8. The Morgan fingerprint density at radius 1 is 1.68 bits per heavy atom. The Morgan fingerprint density at radius 3 is 3.11 bits per heavy atom. The van der Waals surface area contributed by atoms with Crippen LogP contribution in [0.25, 0.3) is 0 Å². The first kappa shape index (κ1) is 15.0. The first-order chi connectivity index (χ1) is 9.06. The van der Waals surface area contributed by atoms with Crippen molar-refractivity contribution in [3.63, 3.8) is 0 Å². The van der Waals surface area contributed by atoms with Crippen LogP contribution < -0.4 is 0 Å². The molecule has 2 heterocycles. The van der Waals surface area contributed by atoms with E-state index in [0.717, 1.165) is 24.0 Å². The smallest absolute Gasteiger partial charge is 0.303 e. The molecule has 0 aromatic carbocycles. The second-order valence-corrected chi connectivity index (χ2v) is 7.14. The van der Waals surface area contributed by atoms with Gasteiger partial charge in [0.15, 0.2) is 0 Å². The molecule has 106 valence electrons. The number of carboxylic acids is 1. The molecule has 0 spiro atoms. The van der Waals surface area contributed by atoms with Crippen LogP contribution in [0.4, 0.5) is 0 Å². The van der Waals surface area contributed by atoms with Crippen LogP contribution in [0, 0.1) is 5.92 Å². The van der Waals surface area contributed by atoms with Gasteiger partial charge in [-0.3, -0.25) is 9.69 Å². The molecule has 1 aliphatic rings. The largest absolute Gasteiger partial charge is 0.481 e. The van der Waals surface area contributed by atoms with Gasteiger partial charge in [0.25, 0.3) is 0 Å². The quantitative estimate of drug-likeness (QED) is 0.871. The van der Waals surface area contributed by atoms with Crippen LogP contribution in [-0.4, -0.2) is 29.1 Å². The summed E-state index contributed by atoms with van der Waals surface area (Å²) in [4.78, 5) is 14.5. The van der Waals surface area contributed by atoms with Crippen LogP contribution in [0.15, 0.2) is 15.9 Å². The normalized spacial score (nSPS) is 22.3. The van der Waals surface area contributed by atoms with Crippen molar-refractivity contribution in [2.24, 2.45) is 5.92 Å². The summed E-state index contributed by atoms with van der Waals surface area (Å²) in [7, 11) is 0. The van der Waals surface area contributed by atoms with E-state index in [-0.39, 0.29) is 0 Å². The van der Waals surface area contributed by atoms with Crippen LogP contribution in [0.2, 0.25) is 0 Å². The molecule has 5 heteroatoms. The van der Waals surface area contributed by atoms with E-state index in [2.05, 4.69) is 39.2 Å². The number of halogens is 1. The molecule has 3 nitrogen and oxygen atoms in total. The van der Waals surface area contributed by atoms with Crippen LogP contribution in [0.5, 0.6) is 0 Å². The number of thiophene rings is 1. The van der Waals surface area contributed by atoms with E-state index >= 15 is 0 Å². The summed E-state index contributed by atoms with van der Waals surface area (Å²) >= 11 is 5.29. The molecule has 1 aliphatic heterocycles. The van der Waals surface area contributed by atoms with E-state index in [9.17, 15) is 4.79 Å². The van der Waals surface area contributed by atoms with Gasteiger partial charge in [0.05, 0.1) is 0 Å². The van der Waals surface area contributed by atoms with E-state index in [0.29, 0.717) is 18.4 Å². The van der Waals surface area contributed by atoms with Crippen molar-refractivity contribution in [1.29, 1.82) is 0 Å². The molecule has 0 amide bonds. The third-order valence-electron chi connectivity index (χ3n) is 3.86. The summed E-state index contributed by atoms with van der Waals surface area (Å²) in [6, 6.07) is 2.62. The highest BCUT2D eigenvalue weighted by atomic mass is 79.9. The number of rotatable bonds is 5. The summed E-state index contributed by atoms with van der Waals surface area (Å²) in [6.45, 7) is 4.40. The predicted octanol–water partition coefficient (Wildman–Crippen LogP) is 4.15. The monoisotopic (exact) mass is 345 g/mol. The van der Waals surface area contributed by atoms with Crippen molar-refractivity contribution in [2.45, 2.75) is 38.6 Å². The molecule has 1 fully saturated rings. The number of likely N-dealkylation sites (tertiary alicyclic amines) is 1. The molecule has 1 aromatic rings. The summed E-state index contributed by atoms with van der Waals surface area (Å²) in [6.07, 6.45) is 3.47. The molecular weight excluding hydrogens is 326 g/mol. The minimum absolute atomic E-state index is 0.303. The Hall–Kier alpha value is -0.390. The van der Waals surface area contributed by atoms with Gasteiger partial charge in [-0.15, -0.1) is 11.3 Å². The molecule has 1 N–H and O–H groups in total. The van der Waals surface area contributed by atoms with Crippen molar-refractivity contribution < 1.29 is 9.90 Å². The third kappa shape index (κ3) is 4.29. The van der Waals surface area contributed by atoms with Gasteiger partial charge in [0.1, 0.15) is 0 Å². The van der Waals surface area contributed by atoms with Crippen molar-refractivity contribution in [3.8, 4) is 0 Å². The zero-order valence-electron chi connectivity index (χ0n) is 11.1. The third-order valence-corrected chi connectivity index (χ3v) is 5.73. The average molecular weight is 346 g/mol. The fraction of sp³-hybridized carbons (Fsp3) is 0.643. The topological polar surface area (TPSA) is 40.5 Å². The molecule has 1 saturated heterocycles. The Bertz CT molecular complexity index is 435. The molecule has 2 atom stereocenters. The van der Waals surface area contributed by atoms with Gasteiger partial charge in [-0.25, -0.2) is 0 Å². The zero-order valence-corrected chi connectivity index (χ0v) is 13.5. The predicted molar refractivity (Wildman–Crippen MR) is 81.6 cm³/mol. The van der Waals surface area contributed by atoms with Crippen LogP contribution in [-0.2, 0) is 4.79 Å². The molecular formula is C14H20BrNO2S. The maximum absolute atomic E-state index is 10.7. The van der Waals surface area contributed by atoms with Crippen molar-refractivity contribution >= 4 is 33.2 Å². The summed E-state index contributed by atoms with van der Waals surface area (Å²) < 4.78 is 1.15. The standard InChI is InChI=1S/C14H20BrNO2S/c1-10(13-7-12(15)9-19-13)16-6-2-3-11(8-16)4-5-14(17)18/h7,9-11H,2-6,8H2,1H3,(H,17,18). The maximum Gasteiger partial charge on any atom is 0.303 e. The van der Waals surface area contributed by atoms with Gasteiger partial charge in [-0.1, -0.05) is 0 Å². The molecule has 1 aromatic heterocycles. The Kier molecular flexibility index (Phi) is 5.42.